The summed E-state index contributed by atoms with van der Waals surface area (Å²) in [5, 5.41) is 1.18. The van der Waals surface area contributed by atoms with Crippen LogP contribution in [0.5, 0.6) is 0 Å². The molecule has 2 aliphatic rings. The highest BCUT2D eigenvalue weighted by molar-refractivity contribution is 5.97. The lowest BCUT2D eigenvalue weighted by atomic mass is 9.88. The van der Waals surface area contributed by atoms with Gasteiger partial charge in [0.25, 0.3) is 0 Å². The van der Waals surface area contributed by atoms with Crippen LogP contribution >= 0.6 is 0 Å². The molecular formula is C19H22N2O. The molecule has 0 spiro atoms. The van der Waals surface area contributed by atoms with E-state index in [1.807, 2.05) is 4.90 Å². The molecule has 2 heterocycles. The maximum Gasteiger partial charge on any atom is 0.231 e. The molecule has 1 amide bonds. The predicted octanol–water partition coefficient (Wildman–Crippen LogP) is 4.01. The van der Waals surface area contributed by atoms with E-state index in [-0.39, 0.29) is 5.92 Å². The van der Waals surface area contributed by atoms with Crippen molar-refractivity contribution in [2.75, 3.05) is 11.4 Å². The van der Waals surface area contributed by atoms with Gasteiger partial charge in [0.15, 0.2) is 0 Å². The monoisotopic (exact) mass is 294 g/mol. The number of fused-ring (bicyclic) bond motifs is 2. The Hall–Kier alpha value is -1.90. The van der Waals surface area contributed by atoms with Gasteiger partial charge in [0.1, 0.15) is 5.82 Å². The molecule has 0 saturated heterocycles. The van der Waals surface area contributed by atoms with E-state index in [0.717, 1.165) is 37.1 Å². The minimum absolute atomic E-state index is 0.217. The Morgan fingerprint density at radius 2 is 2.00 bits per heavy atom. The van der Waals surface area contributed by atoms with Crippen LogP contribution in [0.1, 0.15) is 43.2 Å². The third-order valence-electron chi connectivity index (χ3n) is 5.11. The molecule has 114 valence electrons. The van der Waals surface area contributed by atoms with Crippen molar-refractivity contribution in [1.29, 1.82) is 0 Å². The van der Waals surface area contributed by atoms with Gasteiger partial charge in [0, 0.05) is 17.8 Å². The summed E-state index contributed by atoms with van der Waals surface area (Å²) in [5.74, 6) is 1.43. The van der Waals surface area contributed by atoms with E-state index in [1.165, 1.54) is 35.8 Å². The maximum atomic E-state index is 12.9. The molecular weight excluding hydrogens is 272 g/mol. The van der Waals surface area contributed by atoms with Crippen molar-refractivity contribution < 1.29 is 4.79 Å². The molecule has 0 bridgehead atoms. The fraction of sp³-hybridized carbons (Fsp3) is 0.474. The van der Waals surface area contributed by atoms with E-state index in [9.17, 15) is 4.79 Å². The number of pyridine rings is 1. The minimum atomic E-state index is 0.217. The number of benzene rings is 1. The Morgan fingerprint density at radius 3 is 2.82 bits per heavy atom. The summed E-state index contributed by atoms with van der Waals surface area (Å²) >= 11 is 0. The number of carbonyl (C=O) groups is 1. The van der Waals surface area contributed by atoms with E-state index in [2.05, 4.69) is 31.2 Å². The summed E-state index contributed by atoms with van der Waals surface area (Å²) in [7, 11) is 0. The second-order valence-electron chi connectivity index (χ2n) is 6.74. The number of hydrogen-bond donors (Lipinski definition) is 0. The van der Waals surface area contributed by atoms with Crippen LogP contribution in [0.4, 0.5) is 5.82 Å². The van der Waals surface area contributed by atoms with Crippen LogP contribution in [-0.4, -0.2) is 17.4 Å². The first-order valence-corrected chi connectivity index (χ1v) is 8.44. The smallest absolute Gasteiger partial charge is 0.231 e. The number of nitrogens with zero attached hydrogens (tertiary/aromatic N) is 2. The first kappa shape index (κ1) is 13.7. The summed E-state index contributed by atoms with van der Waals surface area (Å²) in [6.45, 7) is 2.88. The van der Waals surface area contributed by atoms with Crippen molar-refractivity contribution >= 4 is 22.6 Å². The average molecular weight is 294 g/mol. The van der Waals surface area contributed by atoms with Crippen molar-refractivity contribution in [1.82, 2.24) is 4.98 Å². The minimum Gasteiger partial charge on any atom is -0.296 e. The zero-order valence-electron chi connectivity index (χ0n) is 13.1. The molecule has 4 rings (SSSR count). The van der Waals surface area contributed by atoms with Gasteiger partial charge in [-0.1, -0.05) is 31.4 Å². The van der Waals surface area contributed by atoms with E-state index in [0.29, 0.717) is 5.91 Å². The Bertz CT molecular complexity index is 732. The van der Waals surface area contributed by atoms with Gasteiger partial charge in [-0.25, -0.2) is 4.98 Å². The highest BCUT2D eigenvalue weighted by Crippen LogP contribution is 2.33. The third-order valence-corrected chi connectivity index (χ3v) is 5.11. The Balaban J connectivity index is 1.70. The zero-order valence-corrected chi connectivity index (χ0v) is 13.1. The van der Waals surface area contributed by atoms with Crippen molar-refractivity contribution in [3.8, 4) is 0 Å². The second-order valence-corrected chi connectivity index (χ2v) is 6.74. The Labute approximate surface area is 131 Å². The van der Waals surface area contributed by atoms with Crippen molar-refractivity contribution in [3.63, 3.8) is 0 Å². The predicted molar refractivity (Wildman–Crippen MR) is 89.1 cm³/mol. The molecule has 0 radical (unpaired) electrons. The molecule has 1 aromatic carbocycles. The van der Waals surface area contributed by atoms with Crippen molar-refractivity contribution in [2.45, 2.75) is 45.4 Å². The van der Waals surface area contributed by atoms with E-state index < -0.39 is 0 Å². The molecule has 1 saturated carbocycles. The van der Waals surface area contributed by atoms with Gasteiger partial charge in [-0.3, -0.25) is 9.69 Å². The van der Waals surface area contributed by atoms with Gasteiger partial charge in [-0.05, 0) is 49.4 Å². The second kappa shape index (κ2) is 5.38. The zero-order chi connectivity index (χ0) is 15.1. The van der Waals surface area contributed by atoms with Crippen LogP contribution in [0.15, 0.2) is 24.3 Å². The van der Waals surface area contributed by atoms with Gasteiger partial charge < -0.3 is 0 Å². The lowest BCUT2D eigenvalue weighted by molar-refractivity contribution is -0.123. The van der Waals surface area contributed by atoms with Gasteiger partial charge in [0.2, 0.25) is 5.91 Å². The van der Waals surface area contributed by atoms with Gasteiger partial charge in [-0.15, -0.1) is 0 Å². The standard InChI is InChI=1S/C19H22N2O/c1-13-7-8-15-12-16-9-10-21(18(16)20-17(15)11-13)19(22)14-5-3-2-4-6-14/h7-8,11-12,14H,2-6,9-10H2,1H3. The van der Waals surface area contributed by atoms with E-state index >= 15 is 0 Å². The molecule has 0 N–H and O–H groups in total. The fourth-order valence-corrected chi connectivity index (χ4v) is 3.85. The van der Waals surface area contributed by atoms with E-state index in [4.69, 9.17) is 4.98 Å². The molecule has 1 aliphatic heterocycles. The molecule has 1 aromatic heterocycles. The Kier molecular flexibility index (Phi) is 3.36. The van der Waals surface area contributed by atoms with Gasteiger partial charge in [-0.2, -0.15) is 0 Å². The summed E-state index contributed by atoms with van der Waals surface area (Å²) in [5.41, 5.74) is 3.44. The highest BCUT2D eigenvalue weighted by Gasteiger charge is 2.32. The quantitative estimate of drug-likeness (QED) is 0.796. The molecule has 0 atom stereocenters. The van der Waals surface area contributed by atoms with Crippen LogP contribution in [0.25, 0.3) is 10.9 Å². The van der Waals surface area contributed by atoms with Crippen molar-refractivity contribution in [2.24, 2.45) is 5.92 Å². The van der Waals surface area contributed by atoms with Gasteiger partial charge >= 0.3 is 0 Å². The molecule has 3 nitrogen and oxygen atoms in total. The molecule has 1 fully saturated rings. The lowest BCUT2D eigenvalue weighted by Crippen LogP contribution is -2.36. The first-order valence-electron chi connectivity index (χ1n) is 8.44. The highest BCUT2D eigenvalue weighted by atomic mass is 16.2. The summed E-state index contributed by atoms with van der Waals surface area (Å²) in [6.07, 6.45) is 6.71. The van der Waals surface area contributed by atoms with Gasteiger partial charge in [0.05, 0.1) is 5.52 Å². The van der Waals surface area contributed by atoms with Crippen LogP contribution in [0.3, 0.4) is 0 Å². The fourth-order valence-electron chi connectivity index (χ4n) is 3.85. The van der Waals surface area contributed by atoms with Crippen molar-refractivity contribution in [3.05, 3.63) is 35.4 Å². The first-order chi connectivity index (χ1) is 10.7. The molecule has 2 aromatic rings. The normalized spacial score (nSPS) is 18.7. The summed E-state index contributed by atoms with van der Waals surface area (Å²) < 4.78 is 0. The molecule has 0 unspecified atom stereocenters. The van der Waals surface area contributed by atoms with Crippen LogP contribution < -0.4 is 4.90 Å². The summed E-state index contributed by atoms with van der Waals surface area (Å²) in [6, 6.07) is 8.57. The number of rotatable bonds is 1. The number of aryl methyl sites for hydroxylation is 1. The topological polar surface area (TPSA) is 33.2 Å². The number of amides is 1. The lowest BCUT2D eigenvalue weighted by Gasteiger charge is -2.26. The largest absolute Gasteiger partial charge is 0.296 e. The summed E-state index contributed by atoms with van der Waals surface area (Å²) in [4.78, 5) is 19.6. The molecule has 22 heavy (non-hydrogen) atoms. The van der Waals surface area contributed by atoms with Crippen LogP contribution in [0, 0.1) is 12.8 Å². The average Bonchev–Trinajstić information content (AvgIpc) is 2.95. The number of anilines is 1. The number of aromatic nitrogens is 1. The number of hydrogen-bond acceptors (Lipinski definition) is 2. The molecule has 1 aliphatic carbocycles. The van der Waals surface area contributed by atoms with Crippen LogP contribution in [-0.2, 0) is 11.2 Å². The molecule has 3 heteroatoms. The maximum absolute atomic E-state index is 12.9. The third kappa shape index (κ3) is 2.29. The SMILES string of the molecule is Cc1ccc2cc3c(nc2c1)N(C(=O)C1CCCCC1)CC3. The van der Waals surface area contributed by atoms with Crippen LogP contribution in [0.2, 0.25) is 0 Å². The Morgan fingerprint density at radius 1 is 1.18 bits per heavy atom. The van der Waals surface area contributed by atoms with E-state index in [1.54, 1.807) is 0 Å². The number of carbonyl (C=O) groups excluding carboxylic acids is 1.